The molecular weight excluding hydrogens is 206 g/mol. The molecule has 3 N–H and O–H groups in total. The van der Waals surface area contributed by atoms with Crippen LogP contribution in [-0.2, 0) is 4.74 Å². The molecule has 0 radical (unpaired) electrons. The van der Waals surface area contributed by atoms with Gasteiger partial charge in [-0.3, -0.25) is 5.10 Å². The Morgan fingerprint density at radius 2 is 2.50 bits per heavy atom. The smallest absolute Gasteiger partial charge is 0.183 e. The highest BCUT2D eigenvalue weighted by Gasteiger charge is 2.34. The second-order valence-electron chi connectivity index (χ2n) is 3.03. The lowest BCUT2D eigenvalue weighted by Crippen LogP contribution is -2.31. The van der Waals surface area contributed by atoms with Gasteiger partial charge in [-0.1, -0.05) is 11.8 Å². The van der Waals surface area contributed by atoms with Crippen molar-refractivity contribution < 1.29 is 14.9 Å². The Morgan fingerprint density at radius 3 is 3.07 bits per heavy atom. The first-order valence-corrected chi connectivity index (χ1v) is 5.22. The van der Waals surface area contributed by atoms with Crippen molar-refractivity contribution in [2.45, 2.75) is 23.5 Å². The Balaban J connectivity index is 1.81. The molecule has 78 valence electrons. The molecule has 0 aliphatic carbocycles. The third kappa shape index (κ3) is 2.06. The zero-order valence-electron chi connectivity index (χ0n) is 7.33. The summed E-state index contributed by atoms with van der Waals surface area (Å²) >= 11 is 1.40. The fourth-order valence-electron chi connectivity index (χ4n) is 1.24. The molecule has 2 heterocycles. The molecule has 0 saturated carbocycles. The molecule has 1 aromatic rings. The SMILES string of the molecule is OC1COC(CSc2ncn[nH]2)C1O. The van der Waals surface area contributed by atoms with Crippen molar-refractivity contribution in [3.8, 4) is 0 Å². The molecule has 0 aromatic carbocycles. The van der Waals surface area contributed by atoms with Gasteiger partial charge in [-0.2, -0.15) is 5.10 Å². The minimum Gasteiger partial charge on any atom is -0.388 e. The van der Waals surface area contributed by atoms with Gasteiger partial charge in [0, 0.05) is 5.75 Å². The van der Waals surface area contributed by atoms with E-state index < -0.39 is 12.2 Å². The summed E-state index contributed by atoms with van der Waals surface area (Å²) in [6.07, 6.45) is -0.482. The molecule has 1 aliphatic rings. The standard InChI is InChI=1S/C7H11N3O3S/c11-4-1-13-5(6(4)12)2-14-7-8-3-9-10-7/h3-6,11-12H,1-2H2,(H,8,9,10). The van der Waals surface area contributed by atoms with Gasteiger partial charge >= 0.3 is 0 Å². The van der Waals surface area contributed by atoms with Crippen LogP contribution in [0, 0.1) is 0 Å². The van der Waals surface area contributed by atoms with E-state index in [1.807, 2.05) is 0 Å². The molecule has 0 amide bonds. The second kappa shape index (κ2) is 4.26. The van der Waals surface area contributed by atoms with Gasteiger partial charge in [-0.15, -0.1) is 0 Å². The molecule has 3 atom stereocenters. The maximum absolute atomic E-state index is 9.45. The maximum atomic E-state index is 9.45. The Labute approximate surface area is 84.7 Å². The molecule has 7 heteroatoms. The van der Waals surface area contributed by atoms with E-state index in [1.165, 1.54) is 18.1 Å². The number of aliphatic hydroxyl groups excluding tert-OH is 2. The summed E-state index contributed by atoms with van der Waals surface area (Å²) in [6, 6.07) is 0. The molecule has 1 fully saturated rings. The molecule has 3 unspecified atom stereocenters. The summed E-state index contributed by atoms with van der Waals surface area (Å²) in [4.78, 5) is 3.92. The Kier molecular flexibility index (Phi) is 3.02. The number of thioether (sulfide) groups is 1. The van der Waals surface area contributed by atoms with Crippen molar-refractivity contribution in [3.63, 3.8) is 0 Å². The monoisotopic (exact) mass is 217 g/mol. The summed E-state index contributed by atoms with van der Waals surface area (Å²) in [5.74, 6) is 0.549. The lowest BCUT2D eigenvalue weighted by Gasteiger charge is -2.12. The van der Waals surface area contributed by atoms with E-state index >= 15 is 0 Å². The van der Waals surface area contributed by atoms with Crippen molar-refractivity contribution in [3.05, 3.63) is 6.33 Å². The summed E-state index contributed by atoms with van der Waals surface area (Å²) < 4.78 is 5.19. The Bertz CT molecular complexity index is 282. The number of nitrogens with one attached hydrogen (secondary N) is 1. The molecule has 0 spiro atoms. The van der Waals surface area contributed by atoms with Gasteiger partial charge in [-0.05, 0) is 0 Å². The number of ether oxygens (including phenoxy) is 1. The highest BCUT2D eigenvalue weighted by Crippen LogP contribution is 2.21. The van der Waals surface area contributed by atoms with Gasteiger partial charge in [-0.25, -0.2) is 4.98 Å². The third-order valence-electron chi connectivity index (χ3n) is 2.03. The number of hydrogen-bond acceptors (Lipinski definition) is 6. The topological polar surface area (TPSA) is 91.3 Å². The molecule has 14 heavy (non-hydrogen) atoms. The third-order valence-corrected chi connectivity index (χ3v) is 3.00. The van der Waals surface area contributed by atoms with Gasteiger partial charge in [0.25, 0.3) is 0 Å². The molecule has 6 nitrogen and oxygen atoms in total. The molecule has 1 aliphatic heterocycles. The molecule has 2 rings (SSSR count). The maximum Gasteiger partial charge on any atom is 0.183 e. The zero-order chi connectivity index (χ0) is 9.97. The fourth-order valence-corrected chi connectivity index (χ4v) is 2.09. The van der Waals surface area contributed by atoms with Gasteiger partial charge in [0.1, 0.15) is 18.5 Å². The molecule has 1 saturated heterocycles. The van der Waals surface area contributed by atoms with Crippen LogP contribution in [0.5, 0.6) is 0 Å². The largest absolute Gasteiger partial charge is 0.388 e. The van der Waals surface area contributed by atoms with Crippen LogP contribution in [0.15, 0.2) is 11.5 Å². The Hall–Kier alpha value is -0.630. The quantitative estimate of drug-likeness (QED) is 0.564. The van der Waals surface area contributed by atoms with E-state index in [0.29, 0.717) is 10.9 Å². The van der Waals surface area contributed by atoms with E-state index in [0.717, 1.165) is 0 Å². The number of nitrogens with zero attached hydrogens (tertiary/aromatic N) is 2. The zero-order valence-corrected chi connectivity index (χ0v) is 8.15. The van der Waals surface area contributed by atoms with Gasteiger partial charge < -0.3 is 14.9 Å². The van der Waals surface area contributed by atoms with E-state index in [-0.39, 0.29) is 12.7 Å². The van der Waals surface area contributed by atoms with Crippen LogP contribution < -0.4 is 0 Å². The van der Waals surface area contributed by atoms with E-state index in [1.54, 1.807) is 0 Å². The van der Waals surface area contributed by atoms with Crippen LogP contribution in [0.2, 0.25) is 0 Å². The van der Waals surface area contributed by atoms with Crippen molar-refractivity contribution >= 4 is 11.8 Å². The first-order chi connectivity index (χ1) is 6.77. The van der Waals surface area contributed by atoms with E-state index in [2.05, 4.69) is 15.2 Å². The van der Waals surface area contributed by atoms with Crippen LogP contribution in [0.1, 0.15) is 0 Å². The van der Waals surface area contributed by atoms with Gasteiger partial charge in [0.05, 0.1) is 12.7 Å². The van der Waals surface area contributed by atoms with Crippen molar-refractivity contribution in [1.29, 1.82) is 0 Å². The normalized spacial score (nSPS) is 32.3. The first kappa shape index (κ1) is 9.91. The fraction of sp³-hybridized carbons (Fsp3) is 0.714. The van der Waals surface area contributed by atoms with Crippen molar-refractivity contribution in [2.24, 2.45) is 0 Å². The summed E-state index contributed by atoms with van der Waals surface area (Å²) in [7, 11) is 0. The predicted molar refractivity (Wildman–Crippen MR) is 48.9 cm³/mol. The lowest BCUT2D eigenvalue weighted by molar-refractivity contribution is 0.0337. The summed E-state index contributed by atoms with van der Waals surface area (Å²) in [5.41, 5.74) is 0. The number of H-pyrrole nitrogens is 1. The number of aromatic amines is 1. The van der Waals surface area contributed by atoms with E-state index in [9.17, 15) is 10.2 Å². The predicted octanol–water partition coefficient (Wildman–Crippen LogP) is -0.983. The number of aromatic nitrogens is 3. The summed E-state index contributed by atoms with van der Waals surface area (Å²) in [6.45, 7) is 0.197. The van der Waals surface area contributed by atoms with Crippen LogP contribution >= 0.6 is 11.8 Å². The highest BCUT2D eigenvalue weighted by atomic mass is 32.2. The molecular formula is C7H11N3O3S. The Morgan fingerprint density at radius 1 is 1.64 bits per heavy atom. The van der Waals surface area contributed by atoms with Gasteiger partial charge in [0.15, 0.2) is 5.16 Å². The minimum absolute atomic E-state index is 0.197. The van der Waals surface area contributed by atoms with Crippen LogP contribution in [0.3, 0.4) is 0 Å². The second-order valence-corrected chi connectivity index (χ2v) is 4.04. The lowest BCUT2D eigenvalue weighted by atomic mass is 10.2. The number of aliphatic hydroxyl groups is 2. The highest BCUT2D eigenvalue weighted by molar-refractivity contribution is 7.99. The van der Waals surface area contributed by atoms with Crippen LogP contribution in [0.4, 0.5) is 0 Å². The van der Waals surface area contributed by atoms with Crippen LogP contribution in [-0.4, -0.2) is 56.1 Å². The van der Waals surface area contributed by atoms with Crippen LogP contribution in [0.25, 0.3) is 0 Å². The number of rotatable bonds is 3. The molecule has 1 aromatic heterocycles. The average Bonchev–Trinajstić information content (AvgIpc) is 2.77. The van der Waals surface area contributed by atoms with Crippen molar-refractivity contribution in [2.75, 3.05) is 12.4 Å². The van der Waals surface area contributed by atoms with Gasteiger partial charge in [0.2, 0.25) is 0 Å². The minimum atomic E-state index is -0.801. The average molecular weight is 217 g/mol. The number of hydrogen-bond donors (Lipinski definition) is 3. The van der Waals surface area contributed by atoms with E-state index in [4.69, 9.17) is 4.74 Å². The van der Waals surface area contributed by atoms with Crippen molar-refractivity contribution in [1.82, 2.24) is 15.2 Å². The first-order valence-electron chi connectivity index (χ1n) is 4.23. The summed E-state index contributed by atoms with van der Waals surface area (Å²) in [5, 5.41) is 25.7. The molecule has 0 bridgehead atoms.